The van der Waals surface area contributed by atoms with Gasteiger partial charge in [-0.1, -0.05) is 0 Å². The van der Waals surface area contributed by atoms with Crippen molar-refractivity contribution in [3.05, 3.63) is 24.0 Å². The molecule has 0 spiro atoms. The summed E-state index contributed by atoms with van der Waals surface area (Å²) in [4.78, 5) is 4.98. The topological polar surface area (TPSA) is 43.8 Å². The van der Waals surface area contributed by atoms with Crippen LogP contribution in [-0.4, -0.2) is 9.55 Å². The van der Waals surface area contributed by atoms with Crippen LogP contribution in [0.5, 0.6) is 0 Å². The van der Waals surface area contributed by atoms with Gasteiger partial charge in [-0.25, -0.2) is 4.98 Å². The van der Waals surface area contributed by atoms with E-state index in [1.54, 1.807) is 0 Å². The van der Waals surface area contributed by atoms with Gasteiger partial charge in [0.25, 0.3) is 0 Å². The Kier molecular flexibility index (Phi) is 1.83. The van der Waals surface area contributed by atoms with Gasteiger partial charge in [0, 0.05) is 17.6 Å². The van der Waals surface area contributed by atoms with Crippen molar-refractivity contribution in [2.75, 3.05) is 5.73 Å². The van der Waals surface area contributed by atoms with Crippen molar-refractivity contribution in [3.8, 4) is 0 Å². The molecular weight excluding hydrogens is 258 g/mol. The minimum atomic E-state index is 0.720. The highest BCUT2D eigenvalue weighted by Gasteiger charge is 2.66. The SMILES string of the molecule is Nc1ccc2c(c1)nc(C1CC1)n2C1C2C3CCC(C3)C21. The number of aromatic nitrogens is 2. The first-order chi connectivity index (χ1) is 10.3. The Balaban J connectivity index is 1.53. The number of fused-ring (bicyclic) bond motifs is 6. The number of nitrogen functional groups attached to an aromatic ring is 1. The van der Waals surface area contributed by atoms with Gasteiger partial charge in [0.2, 0.25) is 0 Å². The molecule has 4 aliphatic carbocycles. The summed E-state index contributed by atoms with van der Waals surface area (Å²) in [5.74, 6) is 6.06. The molecule has 2 bridgehead atoms. The maximum Gasteiger partial charge on any atom is 0.113 e. The Morgan fingerprint density at radius 2 is 1.81 bits per heavy atom. The summed E-state index contributed by atoms with van der Waals surface area (Å²) in [6.45, 7) is 0. The maximum absolute atomic E-state index is 5.96. The number of hydrogen-bond acceptors (Lipinski definition) is 2. The molecule has 21 heavy (non-hydrogen) atoms. The minimum Gasteiger partial charge on any atom is -0.399 e. The average molecular weight is 279 g/mol. The van der Waals surface area contributed by atoms with E-state index in [-0.39, 0.29) is 0 Å². The number of rotatable bonds is 2. The summed E-state index contributed by atoms with van der Waals surface area (Å²) >= 11 is 0. The third-order valence-electron chi connectivity index (χ3n) is 6.68. The average Bonchev–Trinajstić information content (AvgIpc) is 3.35. The summed E-state index contributed by atoms with van der Waals surface area (Å²) in [5, 5.41) is 0. The summed E-state index contributed by atoms with van der Waals surface area (Å²) in [7, 11) is 0. The lowest BCUT2D eigenvalue weighted by molar-refractivity contribution is 0.452. The van der Waals surface area contributed by atoms with E-state index in [1.807, 2.05) is 6.07 Å². The number of imidazole rings is 1. The fourth-order valence-electron chi connectivity index (χ4n) is 5.70. The molecule has 4 aliphatic rings. The van der Waals surface area contributed by atoms with Crippen LogP contribution < -0.4 is 5.73 Å². The highest BCUT2D eigenvalue weighted by atomic mass is 15.2. The van der Waals surface area contributed by atoms with Gasteiger partial charge in [0.1, 0.15) is 5.82 Å². The van der Waals surface area contributed by atoms with Gasteiger partial charge in [-0.3, -0.25) is 0 Å². The van der Waals surface area contributed by atoms with Crippen LogP contribution in [0.25, 0.3) is 11.0 Å². The van der Waals surface area contributed by atoms with E-state index >= 15 is 0 Å². The van der Waals surface area contributed by atoms with E-state index in [0.29, 0.717) is 0 Å². The molecule has 4 saturated carbocycles. The largest absolute Gasteiger partial charge is 0.399 e. The molecule has 4 atom stereocenters. The molecular formula is C18H21N3. The standard InChI is InChI=1S/C18H21N3/c19-12-5-6-14-13(8-12)20-18(9-1-2-9)21(14)17-15-10-3-4-11(7-10)16(15)17/h5-6,8-11,15-17H,1-4,7,19H2. The number of nitrogens with zero attached hydrogens (tertiary/aromatic N) is 2. The third kappa shape index (κ3) is 1.33. The Labute approximate surface area is 124 Å². The van der Waals surface area contributed by atoms with Gasteiger partial charge in [-0.2, -0.15) is 0 Å². The van der Waals surface area contributed by atoms with Gasteiger partial charge in [0.15, 0.2) is 0 Å². The summed E-state index contributed by atoms with van der Waals surface area (Å²) < 4.78 is 2.65. The Morgan fingerprint density at radius 1 is 1.05 bits per heavy atom. The highest BCUT2D eigenvalue weighted by molar-refractivity contribution is 5.80. The zero-order valence-corrected chi connectivity index (χ0v) is 12.2. The van der Waals surface area contributed by atoms with Gasteiger partial charge in [0.05, 0.1) is 11.0 Å². The van der Waals surface area contributed by atoms with Crippen LogP contribution >= 0.6 is 0 Å². The number of benzene rings is 1. The smallest absolute Gasteiger partial charge is 0.113 e. The Hall–Kier alpha value is -1.51. The number of nitrogens with two attached hydrogens (primary N) is 1. The lowest BCUT2D eigenvalue weighted by Crippen LogP contribution is -2.08. The molecule has 1 aromatic heterocycles. The maximum atomic E-state index is 5.96. The predicted octanol–water partition coefficient (Wildman–Crippen LogP) is 3.71. The summed E-state index contributed by atoms with van der Waals surface area (Å²) in [6.07, 6.45) is 7.15. The van der Waals surface area contributed by atoms with Crippen LogP contribution in [0, 0.1) is 23.7 Å². The van der Waals surface area contributed by atoms with Gasteiger partial charge < -0.3 is 10.3 Å². The van der Waals surface area contributed by atoms with Crippen molar-refractivity contribution in [1.82, 2.24) is 9.55 Å². The van der Waals surface area contributed by atoms with Crippen LogP contribution in [-0.2, 0) is 0 Å². The fourth-order valence-corrected chi connectivity index (χ4v) is 5.70. The monoisotopic (exact) mass is 279 g/mol. The van der Waals surface area contributed by atoms with Crippen molar-refractivity contribution in [1.29, 1.82) is 0 Å². The number of hydrogen-bond donors (Lipinski definition) is 1. The number of anilines is 1. The van der Waals surface area contributed by atoms with Gasteiger partial charge in [-0.05, 0) is 74.0 Å². The molecule has 2 aromatic rings. The van der Waals surface area contributed by atoms with Crippen molar-refractivity contribution in [3.63, 3.8) is 0 Å². The van der Waals surface area contributed by atoms with E-state index in [9.17, 15) is 0 Å². The molecule has 1 heterocycles. The van der Waals surface area contributed by atoms with Crippen LogP contribution in [0.3, 0.4) is 0 Å². The van der Waals surface area contributed by atoms with Crippen LogP contribution in [0.2, 0.25) is 0 Å². The normalized spacial score (nSPS) is 39.9. The molecule has 0 amide bonds. The van der Waals surface area contributed by atoms with Crippen LogP contribution in [0.15, 0.2) is 18.2 Å². The first-order valence-electron chi connectivity index (χ1n) is 8.58. The predicted molar refractivity (Wildman–Crippen MR) is 83.0 cm³/mol. The van der Waals surface area contributed by atoms with Crippen LogP contribution in [0.4, 0.5) is 5.69 Å². The Morgan fingerprint density at radius 3 is 2.52 bits per heavy atom. The van der Waals surface area contributed by atoms with Crippen molar-refractivity contribution < 1.29 is 0 Å². The van der Waals surface area contributed by atoms with Crippen molar-refractivity contribution >= 4 is 16.7 Å². The molecule has 1 aromatic carbocycles. The molecule has 4 unspecified atom stereocenters. The summed E-state index contributed by atoms with van der Waals surface area (Å²) in [5.41, 5.74) is 9.26. The quantitative estimate of drug-likeness (QED) is 0.852. The first kappa shape index (κ1) is 11.1. The third-order valence-corrected chi connectivity index (χ3v) is 6.68. The summed E-state index contributed by atoms with van der Waals surface area (Å²) in [6, 6.07) is 7.08. The van der Waals surface area contributed by atoms with Crippen LogP contribution in [0.1, 0.15) is 49.9 Å². The molecule has 0 saturated heterocycles. The molecule has 4 fully saturated rings. The van der Waals surface area contributed by atoms with Gasteiger partial charge >= 0.3 is 0 Å². The second kappa shape index (κ2) is 3.45. The van der Waals surface area contributed by atoms with Crippen molar-refractivity contribution in [2.45, 2.75) is 44.1 Å². The molecule has 2 N–H and O–H groups in total. The molecule has 0 radical (unpaired) electrons. The molecule has 6 rings (SSSR count). The van der Waals surface area contributed by atoms with E-state index in [4.69, 9.17) is 10.7 Å². The highest BCUT2D eigenvalue weighted by Crippen LogP contribution is 2.72. The zero-order valence-electron chi connectivity index (χ0n) is 12.2. The lowest BCUT2D eigenvalue weighted by Gasteiger charge is -2.14. The second-order valence-electron chi connectivity index (χ2n) is 7.84. The first-order valence-corrected chi connectivity index (χ1v) is 8.58. The minimum absolute atomic E-state index is 0.720. The zero-order chi connectivity index (χ0) is 13.7. The second-order valence-corrected chi connectivity index (χ2v) is 7.84. The van der Waals surface area contributed by atoms with Crippen molar-refractivity contribution in [2.24, 2.45) is 23.7 Å². The van der Waals surface area contributed by atoms with E-state index < -0.39 is 0 Å². The fraction of sp³-hybridized carbons (Fsp3) is 0.611. The molecule has 3 heteroatoms. The molecule has 3 nitrogen and oxygen atoms in total. The molecule has 108 valence electrons. The van der Waals surface area contributed by atoms with E-state index in [0.717, 1.165) is 46.8 Å². The van der Waals surface area contributed by atoms with E-state index in [2.05, 4.69) is 16.7 Å². The molecule has 0 aliphatic heterocycles. The lowest BCUT2D eigenvalue weighted by atomic mass is 10.0. The Bertz CT molecular complexity index is 741. The van der Waals surface area contributed by atoms with E-state index in [1.165, 1.54) is 43.4 Å². The van der Waals surface area contributed by atoms with Gasteiger partial charge in [-0.15, -0.1) is 0 Å².